The molecule has 1 atom stereocenters. The topological polar surface area (TPSA) is 67.4 Å². The molecule has 1 aliphatic heterocycles. The van der Waals surface area contributed by atoms with E-state index >= 15 is 0 Å². The van der Waals surface area contributed by atoms with Gasteiger partial charge in [0, 0.05) is 6.54 Å². The molecule has 2 aromatic rings. The lowest BCUT2D eigenvalue weighted by Crippen LogP contribution is -2.46. The molecule has 0 aromatic carbocycles. The molecule has 1 unspecified atom stereocenters. The number of amides is 2. The SMILES string of the molecule is O=C(Nc1cccs1)N1CCCC(Oc2ncc(Cl)cn2)C1. The summed E-state index contributed by atoms with van der Waals surface area (Å²) in [5.41, 5.74) is 0. The fourth-order valence-corrected chi connectivity index (χ4v) is 2.97. The molecular weight excluding hydrogens is 324 g/mol. The summed E-state index contributed by atoms with van der Waals surface area (Å²) in [5.74, 6) is 0. The summed E-state index contributed by atoms with van der Waals surface area (Å²) >= 11 is 7.24. The molecule has 1 saturated heterocycles. The number of likely N-dealkylation sites (tertiary alicyclic amines) is 1. The molecular formula is C14H15ClN4O2S. The molecule has 22 heavy (non-hydrogen) atoms. The summed E-state index contributed by atoms with van der Waals surface area (Å²) in [6, 6.07) is 3.96. The van der Waals surface area contributed by atoms with Crippen LogP contribution < -0.4 is 10.1 Å². The third-order valence-corrected chi connectivity index (χ3v) is 4.27. The maximum absolute atomic E-state index is 12.2. The zero-order valence-electron chi connectivity index (χ0n) is 11.7. The number of carbonyl (C=O) groups excluding carboxylic acids is 1. The van der Waals surface area contributed by atoms with Crippen molar-refractivity contribution in [2.75, 3.05) is 18.4 Å². The van der Waals surface area contributed by atoms with E-state index in [1.807, 2.05) is 17.5 Å². The fourth-order valence-electron chi connectivity index (χ4n) is 2.26. The van der Waals surface area contributed by atoms with Crippen LogP contribution in [-0.4, -0.2) is 40.1 Å². The van der Waals surface area contributed by atoms with Gasteiger partial charge in [-0.15, -0.1) is 11.3 Å². The monoisotopic (exact) mass is 338 g/mol. The molecule has 1 N–H and O–H groups in total. The van der Waals surface area contributed by atoms with Gasteiger partial charge in [-0.1, -0.05) is 11.6 Å². The zero-order valence-corrected chi connectivity index (χ0v) is 13.3. The van der Waals surface area contributed by atoms with Gasteiger partial charge in [-0.3, -0.25) is 5.32 Å². The maximum atomic E-state index is 12.2. The fraction of sp³-hybridized carbons (Fsp3) is 0.357. The van der Waals surface area contributed by atoms with E-state index in [4.69, 9.17) is 16.3 Å². The Bertz CT molecular complexity index is 620. The lowest BCUT2D eigenvalue weighted by molar-refractivity contribution is 0.0983. The zero-order chi connectivity index (χ0) is 15.4. The summed E-state index contributed by atoms with van der Waals surface area (Å²) in [7, 11) is 0. The van der Waals surface area contributed by atoms with E-state index < -0.39 is 0 Å². The number of aromatic nitrogens is 2. The largest absolute Gasteiger partial charge is 0.458 e. The molecule has 116 valence electrons. The summed E-state index contributed by atoms with van der Waals surface area (Å²) in [6.07, 6.45) is 4.64. The Hall–Kier alpha value is -1.86. The van der Waals surface area contributed by atoms with E-state index in [1.54, 1.807) is 4.90 Å². The quantitative estimate of drug-likeness (QED) is 0.932. The lowest BCUT2D eigenvalue weighted by atomic mass is 10.1. The predicted octanol–water partition coefficient (Wildman–Crippen LogP) is 3.27. The van der Waals surface area contributed by atoms with Gasteiger partial charge in [0.25, 0.3) is 0 Å². The molecule has 6 nitrogen and oxygen atoms in total. The normalized spacial score (nSPS) is 18.0. The Balaban J connectivity index is 1.56. The number of carbonyl (C=O) groups is 1. The second-order valence-electron chi connectivity index (χ2n) is 4.92. The molecule has 2 aromatic heterocycles. The average Bonchev–Trinajstić information content (AvgIpc) is 3.03. The van der Waals surface area contributed by atoms with E-state index in [1.165, 1.54) is 23.7 Å². The van der Waals surface area contributed by atoms with Gasteiger partial charge in [0.1, 0.15) is 6.10 Å². The number of urea groups is 1. The molecule has 1 aliphatic rings. The van der Waals surface area contributed by atoms with Crippen molar-refractivity contribution in [3.63, 3.8) is 0 Å². The van der Waals surface area contributed by atoms with Crippen molar-refractivity contribution in [1.82, 2.24) is 14.9 Å². The smallest absolute Gasteiger partial charge is 0.322 e. The van der Waals surface area contributed by atoms with Crippen molar-refractivity contribution in [1.29, 1.82) is 0 Å². The molecule has 0 saturated carbocycles. The number of thiophene rings is 1. The van der Waals surface area contributed by atoms with Gasteiger partial charge in [0.05, 0.1) is 29.0 Å². The number of piperidine rings is 1. The minimum atomic E-state index is -0.107. The molecule has 0 aliphatic carbocycles. The Morgan fingerprint density at radius 3 is 3.00 bits per heavy atom. The first-order valence-corrected chi connectivity index (χ1v) is 8.20. The van der Waals surface area contributed by atoms with Gasteiger partial charge in [0.2, 0.25) is 0 Å². The van der Waals surface area contributed by atoms with Gasteiger partial charge in [-0.2, -0.15) is 0 Å². The van der Waals surface area contributed by atoms with Crippen LogP contribution in [0.2, 0.25) is 5.02 Å². The number of rotatable bonds is 3. The molecule has 1 fully saturated rings. The first-order valence-electron chi connectivity index (χ1n) is 6.94. The number of hydrogen-bond donors (Lipinski definition) is 1. The van der Waals surface area contributed by atoms with Crippen molar-refractivity contribution in [3.05, 3.63) is 34.9 Å². The van der Waals surface area contributed by atoms with Crippen molar-refractivity contribution in [2.45, 2.75) is 18.9 Å². The number of nitrogens with one attached hydrogen (secondary N) is 1. The first-order chi connectivity index (χ1) is 10.7. The minimum Gasteiger partial charge on any atom is -0.458 e. The van der Waals surface area contributed by atoms with Crippen LogP contribution in [0.25, 0.3) is 0 Å². The van der Waals surface area contributed by atoms with Crippen molar-refractivity contribution in [2.24, 2.45) is 0 Å². The van der Waals surface area contributed by atoms with Crippen LogP contribution in [0.15, 0.2) is 29.9 Å². The van der Waals surface area contributed by atoms with E-state index in [0.29, 0.717) is 11.6 Å². The number of anilines is 1. The second-order valence-corrected chi connectivity index (χ2v) is 6.30. The highest BCUT2D eigenvalue weighted by molar-refractivity contribution is 7.14. The van der Waals surface area contributed by atoms with Crippen LogP contribution in [0.3, 0.4) is 0 Å². The Kier molecular flexibility index (Phi) is 4.74. The molecule has 2 amide bonds. The third kappa shape index (κ3) is 3.86. The Morgan fingerprint density at radius 1 is 1.45 bits per heavy atom. The van der Waals surface area contributed by atoms with Crippen molar-refractivity contribution in [3.8, 4) is 6.01 Å². The molecule has 3 heterocycles. The predicted molar refractivity (Wildman–Crippen MR) is 85.6 cm³/mol. The van der Waals surface area contributed by atoms with E-state index in [0.717, 1.165) is 24.4 Å². The summed E-state index contributed by atoms with van der Waals surface area (Å²) in [4.78, 5) is 22.0. The summed E-state index contributed by atoms with van der Waals surface area (Å²) < 4.78 is 5.73. The maximum Gasteiger partial charge on any atom is 0.322 e. The summed E-state index contributed by atoms with van der Waals surface area (Å²) in [5, 5.41) is 6.12. The van der Waals surface area contributed by atoms with E-state index in [9.17, 15) is 4.79 Å². The standard InChI is InChI=1S/C14H15ClN4O2S/c15-10-7-16-13(17-8-10)21-11-3-1-5-19(9-11)14(20)18-12-4-2-6-22-12/h2,4,6-8,11H,1,3,5,9H2,(H,18,20). The van der Waals surface area contributed by atoms with Crippen LogP contribution in [0.4, 0.5) is 9.80 Å². The van der Waals surface area contributed by atoms with Crippen LogP contribution in [0, 0.1) is 0 Å². The minimum absolute atomic E-state index is 0.104. The van der Waals surface area contributed by atoms with Gasteiger partial charge in [-0.05, 0) is 30.4 Å². The van der Waals surface area contributed by atoms with Crippen LogP contribution in [-0.2, 0) is 0 Å². The van der Waals surface area contributed by atoms with E-state index in [2.05, 4.69) is 15.3 Å². The number of halogens is 1. The van der Waals surface area contributed by atoms with Crippen LogP contribution >= 0.6 is 22.9 Å². The Morgan fingerprint density at radius 2 is 2.27 bits per heavy atom. The number of nitrogens with zero attached hydrogens (tertiary/aromatic N) is 3. The molecule has 0 spiro atoms. The first kappa shape index (κ1) is 15.1. The highest BCUT2D eigenvalue weighted by Crippen LogP contribution is 2.19. The number of ether oxygens (including phenoxy) is 1. The lowest BCUT2D eigenvalue weighted by Gasteiger charge is -2.32. The molecule has 8 heteroatoms. The highest BCUT2D eigenvalue weighted by Gasteiger charge is 2.25. The molecule has 0 bridgehead atoms. The van der Waals surface area contributed by atoms with Crippen LogP contribution in [0.1, 0.15) is 12.8 Å². The highest BCUT2D eigenvalue weighted by atomic mass is 35.5. The molecule has 3 rings (SSSR count). The van der Waals surface area contributed by atoms with Crippen molar-refractivity contribution < 1.29 is 9.53 Å². The van der Waals surface area contributed by atoms with Gasteiger partial charge in [-0.25, -0.2) is 14.8 Å². The number of hydrogen-bond acceptors (Lipinski definition) is 5. The van der Waals surface area contributed by atoms with E-state index in [-0.39, 0.29) is 18.1 Å². The van der Waals surface area contributed by atoms with Gasteiger partial charge >= 0.3 is 12.0 Å². The third-order valence-electron chi connectivity index (χ3n) is 3.29. The van der Waals surface area contributed by atoms with Crippen molar-refractivity contribution >= 4 is 34.0 Å². The second kappa shape index (κ2) is 6.93. The van der Waals surface area contributed by atoms with Gasteiger partial charge in [0.15, 0.2) is 0 Å². The van der Waals surface area contributed by atoms with Gasteiger partial charge < -0.3 is 9.64 Å². The molecule has 0 radical (unpaired) electrons. The summed E-state index contributed by atoms with van der Waals surface area (Å²) in [6.45, 7) is 1.24. The average molecular weight is 339 g/mol. The Labute approximate surface area is 137 Å². The van der Waals surface area contributed by atoms with Crippen LogP contribution in [0.5, 0.6) is 6.01 Å².